The molecule has 0 aliphatic heterocycles. The van der Waals surface area contributed by atoms with E-state index >= 15 is 0 Å². The Morgan fingerprint density at radius 2 is 0.889 bits per heavy atom. The van der Waals surface area contributed by atoms with Gasteiger partial charge in [0.2, 0.25) is 0 Å². The lowest BCUT2D eigenvalue weighted by Gasteiger charge is -2.16. The summed E-state index contributed by atoms with van der Waals surface area (Å²) in [5, 5.41) is 0. The van der Waals surface area contributed by atoms with E-state index in [1.54, 1.807) is 0 Å². The second-order valence-electron chi connectivity index (χ2n) is 11.8. The molecule has 0 saturated heterocycles. The highest BCUT2D eigenvalue weighted by molar-refractivity contribution is 5.92. The molecule has 0 spiro atoms. The minimum Gasteiger partial charge on any atom is -0.236 e. The van der Waals surface area contributed by atoms with E-state index in [-0.39, 0.29) is 0 Å². The Bertz CT molecular complexity index is 2120. The molecule has 7 rings (SSSR count). The van der Waals surface area contributed by atoms with Crippen molar-refractivity contribution in [1.29, 1.82) is 0 Å². The van der Waals surface area contributed by atoms with Crippen LogP contribution in [0.1, 0.15) is 16.7 Å². The molecule has 0 fully saturated rings. The molecule has 216 valence electrons. The van der Waals surface area contributed by atoms with Crippen LogP contribution in [-0.4, -0.2) is 9.97 Å². The fourth-order valence-corrected chi connectivity index (χ4v) is 6.17. The van der Waals surface area contributed by atoms with Gasteiger partial charge in [-0.05, 0) is 71.8 Å². The third-order valence-electron chi connectivity index (χ3n) is 8.25. The summed E-state index contributed by atoms with van der Waals surface area (Å²) in [5.41, 5.74) is 15.9. The summed E-state index contributed by atoms with van der Waals surface area (Å²) in [6, 6.07) is 51.7. The lowest BCUT2D eigenvalue weighted by molar-refractivity contribution is 1.18. The molecule has 2 heteroatoms. The van der Waals surface area contributed by atoms with Crippen LogP contribution in [0.25, 0.3) is 67.2 Å². The summed E-state index contributed by atoms with van der Waals surface area (Å²) in [6.07, 6.45) is 2.00. The lowest BCUT2D eigenvalue weighted by atomic mass is 9.90. The Kier molecular flexibility index (Phi) is 7.63. The van der Waals surface area contributed by atoms with Crippen LogP contribution in [0.5, 0.6) is 0 Å². The Morgan fingerprint density at radius 1 is 0.356 bits per heavy atom. The van der Waals surface area contributed by atoms with Crippen LogP contribution >= 0.6 is 0 Å². The van der Waals surface area contributed by atoms with E-state index < -0.39 is 0 Å². The smallest absolute Gasteiger partial charge is 0.159 e. The zero-order chi connectivity index (χ0) is 30.8. The molecule has 0 bridgehead atoms. The molecule has 2 nitrogen and oxygen atoms in total. The van der Waals surface area contributed by atoms with Gasteiger partial charge in [0.15, 0.2) is 5.82 Å². The summed E-state index contributed by atoms with van der Waals surface area (Å²) in [4.78, 5) is 10.2. The average molecular weight is 579 g/mol. The van der Waals surface area contributed by atoms with Crippen molar-refractivity contribution in [2.45, 2.75) is 20.8 Å². The van der Waals surface area contributed by atoms with Crippen molar-refractivity contribution in [1.82, 2.24) is 9.97 Å². The second-order valence-corrected chi connectivity index (χ2v) is 11.8. The van der Waals surface area contributed by atoms with Gasteiger partial charge in [-0.2, -0.15) is 0 Å². The van der Waals surface area contributed by atoms with Crippen LogP contribution in [0.4, 0.5) is 0 Å². The number of benzene rings is 6. The first-order chi connectivity index (χ1) is 22.0. The first-order valence-corrected chi connectivity index (χ1v) is 15.4. The molecule has 45 heavy (non-hydrogen) atoms. The number of nitrogens with zero attached hydrogens (tertiary/aromatic N) is 2. The Morgan fingerprint density at radius 3 is 1.62 bits per heavy atom. The molecular formula is C43H34N2. The van der Waals surface area contributed by atoms with Gasteiger partial charge >= 0.3 is 0 Å². The van der Waals surface area contributed by atoms with Gasteiger partial charge in [-0.3, -0.25) is 0 Å². The van der Waals surface area contributed by atoms with E-state index in [1.807, 2.05) is 24.4 Å². The standard InChI is InChI=1S/C43H34N2/c1-29-12-9-15-33(23-29)34-16-10-18-36(26-34)39-20-7-8-21-40(39)41-28-44-43(32-13-5-4-6-14-32)45-42(41)37-19-11-17-35(27-37)38-24-30(2)22-31(3)25-38/h4-28H,1-3H3. The van der Waals surface area contributed by atoms with Gasteiger partial charge in [-0.25, -0.2) is 9.97 Å². The van der Waals surface area contributed by atoms with Gasteiger partial charge in [-0.1, -0.05) is 150 Å². The third kappa shape index (κ3) is 5.96. The highest BCUT2D eigenvalue weighted by atomic mass is 14.9. The predicted molar refractivity (Wildman–Crippen MR) is 189 cm³/mol. The molecule has 0 N–H and O–H groups in total. The molecule has 6 aromatic carbocycles. The lowest BCUT2D eigenvalue weighted by Crippen LogP contribution is -1.97. The molecule has 0 radical (unpaired) electrons. The maximum Gasteiger partial charge on any atom is 0.159 e. The van der Waals surface area contributed by atoms with Crippen molar-refractivity contribution in [2.75, 3.05) is 0 Å². The maximum atomic E-state index is 5.26. The number of hydrogen-bond acceptors (Lipinski definition) is 2. The number of aromatic nitrogens is 2. The minimum absolute atomic E-state index is 0.713. The number of rotatable bonds is 6. The van der Waals surface area contributed by atoms with Crippen LogP contribution in [0.3, 0.4) is 0 Å². The fraction of sp³-hybridized carbons (Fsp3) is 0.0698. The maximum absolute atomic E-state index is 5.26. The van der Waals surface area contributed by atoms with Crippen LogP contribution in [0.15, 0.2) is 152 Å². The molecule has 0 amide bonds. The van der Waals surface area contributed by atoms with Crippen molar-refractivity contribution < 1.29 is 0 Å². The van der Waals surface area contributed by atoms with Crippen molar-refractivity contribution in [3.63, 3.8) is 0 Å². The molecule has 1 heterocycles. The van der Waals surface area contributed by atoms with Crippen molar-refractivity contribution in [2.24, 2.45) is 0 Å². The van der Waals surface area contributed by atoms with Crippen molar-refractivity contribution in [3.05, 3.63) is 168 Å². The van der Waals surface area contributed by atoms with Crippen molar-refractivity contribution in [3.8, 4) is 67.2 Å². The summed E-state index contributed by atoms with van der Waals surface area (Å²) in [7, 11) is 0. The SMILES string of the molecule is Cc1cccc(-c2cccc(-c3ccccc3-c3cnc(-c4ccccc4)nc3-c3cccc(-c4cc(C)cc(C)c4)c3)c2)c1. The Balaban J connectivity index is 1.41. The molecule has 1 aromatic heterocycles. The number of hydrogen-bond donors (Lipinski definition) is 0. The summed E-state index contributed by atoms with van der Waals surface area (Å²) in [5.74, 6) is 0.713. The largest absolute Gasteiger partial charge is 0.236 e. The molecule has 0 aliphatic carbocycles. The quantitative estimate of drug-likeness (QED) is 0.196. The second kappa shape index (κ2) is 12.2. The van der Waals surface area contributed by atoms with Crippen LogP contribution < -0.4 is 0 Å². The zero-order valence-electron chi connectivity index (χ0n) is 25.8. The van der Waals surface area contributed by atoms with Crippen LogP contribution in [0, 0.1) is 20.8 Å². The summed E-state index contributed by atoms with van der Waals surface area (Å²) in [6.45, 7) is 6.44. The zero-order valence-corrected chi connectivity index (χ0v) is 25.8. The van der Waals surface area contributed by atoms with Gasteiger partial charge in [0.05, 0.1) is 5.69 Å². The van der Waals surface area contributed by atoms with Gasteiger partial charge in [-0.15, -0.1) is 0 Å². The monoisotopic (exact) mass is 578 g/mol. The molecule has 7 aromatic rings. The van der Waals surface area contributed by atoms with E-state index in [0.717, 1.165) is 39.1 Å². The molecular weight excluding hydrogens is 544 g/mol. The van der Waals surface area contributed by atoms with E-state index in [9.17, 15) is 0 Å². The van der Waals surface area contributed by atoms with Crippen molar-refractivity contribution >= 4 is 0 Å². The third-order valence-corrected chi connectivity index (χ3v) is 8.25. The first-order valence-electron chi connectivity index (χ1n) is 15.4. The van der Waals surface area contributed by atoms with Gasteiger partial charge in [0.1, 0.15) is 0 Å². The molecule has 0 saturated carbocycles. The Labute approximate surface area is 265 Å². The Hall–Kier alpha value is -5.60. The van der Waals surface area contributed by atoms with E-state index in [0.29, 0.717) is 5.82 Å². The van der Waals surface area contributed by atoms with Gasteiger partial charge in [0, 0.05) is 22.9 Å². The topological polar surface area (TPSA) is 25.8 Å². The first kappa shape index (κ1) is 28.2. The summed E-state index contributed by atoms with van der Waals surface area (Å²) < 4.78 is 0. The highest BCUT2D eigenvalue weighted by Crippen LogP contribution is 2.39. The van der Waals surface area contributed by atoms with E-state index in [1.165, 1.54) is 38.9 Å². The van der Waals surface area contributed by atoms with Gasteiger partial charge in [0.25, 0.3) is 0 Å². The summed E-state index contributed by atoms with van der Waals surface area (Å²) >= 11 is 0. The van der Waals surface area contributed by atoms with Gasteiger partial charge < -0.3 is 0 Å². The predicted octanol–water partition coefficient (Wildman–Crippen LogP) is 11.4. The minimum atomic E-state index is 0.713. The van der Waals surface area contributed by atoms with Crippen LogP contribution in [-0.2, 0) is 0 Å². The number of aryl methyl sites for hydroxylation is 3. The van der Waals surface area contributed by atoms with Crippen LogP contribution in [0.2, 0.25) is 0 Å². The van der Waals surface area contributed by atoms with E-state index in [4.69, 9.17) is 9.97 Å². The average Bonchev–Trinajstić information content (AvgIpc) is 3.08. The normalized spacial score (nSPS) is 11.0. The molecule has 0 aliphatic rings. The molecule has 0 atom stereocenters. The fourth-order valence-electron chi connectivity index (χ4n) is 6.17. The highest BCUT2D eigenvalue weighted by Gasteiger charge is 2.17. The van der Waals surface area contributed by atoms with E-state index in [2.05, 4.69) is 148 Å². The molecule has 0 unspecified atom stereocenters.